The summed E-state index contributed by atoms with van der Waals surface area (Å²) in [6, 6.07) is 8.78. The molecule has 106 valence electrons. The van der Waals surface area contributed by atoms with Crippen LogP contribution < -0.4 is 10.1 Å². The summed E-state index contributed by atoms with van der Waals surface area (Å²) in [4.78, 5) is 2.30. The predicted molar refractivity (Wildman–Crippen MR) is 76.6 cm³/mol. The first-order valence-electron chi connectivity index (χ1n) is 6.97. The Balaban J connectivity index is 1.80. The molecule has 0 bridgehead atoms. The van der Waals surface area contributed by atoms with Crippen LogP contribution in [0.25, 0.3) is 0 Å². The molecular weight excluding hydrogens is 240 g/mol. The molecule has 2 unspecified atom stereocenters. The maximum Gasteiger partial charge on any atom is 0.119 e. The average Bonchev–Trinajstić information content (AvgIpc) is 2.39. The van der Waals surface area contributed by atoms with Crippen molar-refractivity contribution in [1.29, 1.82) is 0 Å². The van der Waals surface area contributed by atoms with Gasteiger partial charge in [0.05, 0.1) is 6.61 Å². The summed E-state index contributed by atoms with van der Waals surface area (Å²) in [5.41, 5.74) is 1.21. The third kappa shape index (κ3) is 4.20. The first-order valence-corrected chi connectivity index (χ1v) is 6.97. The second-order valence-electron chi connectivity index (χ2n) is 5.31. The molecule has 2 N–H and O–H groups in total. The van der Waals surface area contributed by atoms with Crippen LogP contribution in [0.4, 0.5) is 0 Å². The first kappa shape index (κ1) is 14.3. The van der Waals surface area contributed by atoms with Gasteiger partial charge in [-0.05, 0) is 31.5 Å². The molecule has 19 heavy (non-hydrogen) atoms. The van der Waals surface area contributed by atoms with Gasteiger partial charge in [0.25, 0.3) is 0 Å². The molecule has 0 radical (unpaired) electrons. The molecule has 1 aromatic carbocycles. The van der Waals surface area contributed by atoms with Gasteiger partial charge in [0.2, 0.25) is 0 Å². The molecule has 4 heteroatoms. The lowest BCUT2D eigenvalue weighted by Gasteiger charge is -2.38. The van der Waals surface area contributed by atoms with E-state index in [1.807, 2.05) is 18.2 Å². The fourth-order valence-corrected chi connectivity index (χ4v) is 2.47. The van der Waals surface area contributed by atoms with Gasteiger partial charge in [-0.15, -0.1) is 0 Å². The van der Waals surface area contributed by atoms with Crippen LogP contribution in [0.15, 0.2) is 24.3 Å². The van der Waals surface area contributed by atoms with Gasteiger partial charge in [0.15, 0.2) is 0 Å². The SMILES string of the molecule is Cc1cccc(OCCN2CC(C)NCC2CO)c1. The molecule has 0 spiro atoms. The van der Waals surface area contributed by atoms with Gasteiger partial charge < -0.3 is 15.2 Å². The maximum atomic E-state index is 9.38. The van der Waals surface area contributed by atoms with E-state index >= 15 is 0 Å². The second kappa shape index (κ2) is 6.89. The van der Waals surface area contributed by atoms with Crippen LogP contribution in [0.1, 0.15) is 12.5 Å². The Kier molecular flexibility index (Phi) is 5.19. The topological polar surface area (TPSA) is 44.7 Å². The first-order chi connectivity index (χ1) is 9.19. The maximum absolute atomic E-state index is 9.38. The van der Waals surface area contributed by atoms with Crippen molar-refractivity contribution in [3.8, 4) is 5.75 Å². The van der Waals surface area contributed by atoms with Crippen LogP contribution in [-0.2, 0) is 0 Å². The van der Waals surface area contributed by atoms with Crippen molar-refractivity contribution in [2.24, 2.45) is 0 Å². The van der Waals surface area contributed by atoms with Gasteiger partial charge >= 0.3 is 0 Å². The third-order valence-electron chi connectivity index (χ3n) is 3.57. The summed E-state index contributed by atoms with van der Waals surface area (Å²) in [6.07, 6.45) is 0. The number of ether oxygens (including phenoxy) is 1. The van der Waals surface area contributed by atoms with Gasteiger partial charge in [-0.2, -0.15) is 0 Å². The van der Waals surface area contributed by atoms with Crippen molar-refractivity contribution in [1.82, 2.24) is 10.2 Å². The standard InChI is InChI=1S/C15H24N2O2/c1-12-4-3-5-15(8-12)19-7-6-17-10-13(2)16-9-14(17)11-18/h3-5,8,13-14,16,18H,6-7,9-11H2,1-2H3. The highest BCUT2D eigenvalue weighted by atomic mass is 16.5. The summed E-state index contributed by atoms with van der Waals surface area (Å²) in [7, 11) is 0. The van der Waals surface area contributed by atoms with Crippen molar-refractivity contribution >= 4 is 0 Å². The van der Waals surface area contributed by atoms with E-state index in [-0.39, 0.29) is 12.6 Å². The normalized spacial score (nSPS) is 24.4. The van der Waals surface area contributed by atoms with Crippen molar-refractivity contribution in [3.05, 3.63) is 29.8 Å². The van der Waals surface area contributed by atoms with Crippen LogP contribution in [-0.4, -0.2) is 54.9 Å². The van der Waals surface area contributed by atoms with Gasteiger partial charge in [-0.3, -0.25) is 4.90 Å². The molecule has 1 aliphatic heterocycles. The van der Waals surface area contributed by atoms with E-state index in [2.05, 4.69) is 30.1 Å². The third-order valence-corrected chi connectivity index (χ3v) is 3.57. The smallest absolute Gasteiger partial charge is 0.119 e. The Hall–Kier alpha value is -1.10. The molecule has 1 heterocycles. The zero-order valence-corrected chi connectivity index (χ0v) is 11.8. The van der Waals surface area contributed by atoms with Crippen LogP contribution >= 0.6 is 0 Å². The van der Waals surface area contributed by atoms with E-state index in [0.29, 0.717) is 12.6 Å². The summed E-state index contributed by atoms with van der Waals surface area (Å²) in [5, 5.41) is 12.8. The Morgan fingerprint density at radius 3 is 3.05 bits per heavy atom. The fraction of sp³-hybridized carbons (Fsp3) is 0.600. The van der Waals surface area contributed by atoms with E-state index in [9.17, 15) is 5.11 Å². The number of aliphatic hydroxyl groups excluding tert-OH is 1. The number of nitrogens with zero attached hydrogens (tertiary/aromatic N) is 1. The molecule has 1 saturated heterocycles. The van der Waals surface area contributed by atoms with Crippen LogP contribution in [0.3, 0.4) is 0 Å². The van der Waals surface area contributed by atoms with Crippen LogP contribution in [0.5, 0.6) is 5.75 Å². The van der Waals surface area contributed by atoms with Crippen molar-refractivity contribution in [2.45, 2.75) is 25.9 Å². The molecule has 1 fully saturated rings. The number of hydrogen-bond acceptors (Lipinski definition) is 4. The minimum absolute atomic E-state index is 0.199. The van der Waals surface area contributed by atoms with Gasteiger partial charge in [-0.1, -0.05) is 12.1 Å². The minimum Gasteiger partial charge on any atom is -0.492 e. The molecular formula is C15H24N2O2. The number of rotatable bonds is 5. The Morgan fingerprint density at radius 2 is 2.32 bits per heavy atom. The quantitative estimate of drug-likeness (QED) is 0.834. The molecule has 2 rings (SSSR count). The molecule has 0 amide bonds. The number of hydrogen-bond donors (Lipinski definition) is 2. The van der Waals surface area contributed by atoms with Crippen LogP contribution in [0.2, 0.25) is 0 Å². The van der Waals surface area contributed by atoms with E-state index in [4.69, 9.17) is 4.74 Å². The lowest BCUT2D eigenvalue weighted by molar-refractivity contribution is 0.0718. The fourth-order valence-electron chi connectivity index (χ4n) is 2.47. The predicted octanol–water partition coefficient (Wildman–Crippen LogP) is 1.03. The van der Waals surface area contributed by atoms with Gasteiger partial charge in [0, 0.05) is 31.7 Å². The molecule has 1 aromatic rings. The van der Waals surface area contributed by atoms with Crippen molar-refractivity contribution < 1.29 is 9.84 Å². The minimum atomic E-state index is 0.199. The molecule has 1 aliphatic rings. The number of nitrogens with one attached hydrogen (secondary N) is 1. The van der Waals surface area contributed by atoms with Gasteiger partial charge in [0.1, 0.15) is 12.4 Å². The van der Waals surface area contributed by atoms with Crippen LogP contribution in [0, 0.1) is 6.92 Å². The molecule has 0 aromatic heterocycles. The lowest BCUT2D eigenvalue weighted by atomic mass is 10.1. The highest BCUT2D eigenvalue weighted by Gasteiger charge is 2.24. The van der Waals surface area contributed by atoms with E-state index in [1.165, 1.54) is 5.56 Å². The lowest BCUT2D eigenvalue weighted by Crippen LogP contribution is -2.57. The second-order valence-corrected chi connectivity index (χ2v) is 5.31. The monoisotopic (exact) mass is 264 g/mol. The van der Waals surface area contributed by atoms with Crippen molar-refractivity contribution in [3.63, 3.8) is 0 Å². The zero-order chi connectivity index (χ0) is 13.7. The number of benzene rings is 1. The number of aryl methyl sites for hydroxylation is 1. The highest BCUT2D eigenvalue weighted by Crippen LogP contribution is 2.13. The summed E-state index contributed by atoms with van der Waals surface area (Å²) in [6.45, 7) is 7.75. The Labute approximate surface area is 115 Å². The summed E-state index contributed by atoms with van der Waals surface area (Å²) in [5.74, 6) is 0.920. The Bertz CT molecular complexity index is 397. The van der Waals surface area contributed by atoms with Gasteiger partial charge in [-0.25, -0.2) is 0 Å². The Morgan fingerprint density at radius 1 is 1.47 bits per heavy atom. The van der Waals surface area contributed by atoms with Crippen molar-refractivity contribution in [2.75, 3.05) is 32.8 Å². The summed E-state index contributed by atoms with van der Waals surface area (Å²) < 4.78 is 5.77. The number of piperazine rings is 1. The zero-order valence-electron chi connectivity index (χ0n) is 11.8. The average molecular weight is 264 g/mol. The number of aliphatic hydroxyl groups is 1. The largest absolute Gasteiger partial charge is 0.492 e. The molecule has 0 saturated carbocycles. The highest BCUT2D eigenvalue weighted by molar-refractivity contribution is 5.27. The molecule has 4 nitrogen and oxygen atoms in total. The summed E-state index contributed by atoms with van der Waals surface area (Å²) >= 11 is 0. The molecule has 0 aliphatic carbocycles. The van der Waals surface area contributed by atoms with E-state index in [1.54, 1.807) is 0 Å². The van der Waals surface area contributed by atoms with E-state index < -0.39 is 0 Å². The molecule has 2 atom stereocenters. The van der Waals surface area contributed by atoms with E-state index in [0.717, 1.165) is 25.4 Å².